The quantitative estimate of drug-likeness (QED) is 0.359. The molecule has 9 nitrogen and oxygen atoms in total. The second kappa shape index (κ2) is 10.3. The number of oxazole rings is 1. The number of hydrogen-bond donors (Lipinski definition) is 2. The van der Waals surface area contributed by atoms with E-state index in [2.05, 4.69) is 15.3 Å². The van der Waals surface area contributed by atoms with Crippen LogP contribution in [-0.4, -0.2) is 57.2 Å². The lowest BCUT2D eigenvalue weighted by Gasteiger charge is -2.24. The number of fused-ring (bicyclic) bond motifs is 1. The minimum Gasteiger partial charge on any atom is -0.478 e. The lowest BCUT2D eigenvalue weighted by atomic mass is 10.1. The van der Waals surface area contributed by atoms with E-state index in [9.17, 15) is 14.0 Å². The zero-order chi connectivity index (χ0) is 25.9. The number of nitrogens with zero attached hydrogens (tertiary/aromatic N) is 3. The van der Waals surface area contributed by atoms with Crippen LogP contribution in [0, 0.1) is 6.92 Å². The molecule has 0 spiro atoms. The highest BCUT2D eigenvalue weighted by Crippen LogP contribution is 2.26. The van der Waals surface area contributed by atoms with Crippen LogP contribution in [-0.2, 0) is 11.2 Å². The van der Waals surface area contributed by atoms with Crippen molar-refractivity contribution < 1.29 is 28.2 Å². The van der Waals surface area contributed by atoms with Crippen LogP contribution in [0.1, 0.15) is 27.9 Å². The number of pyridine rings is 1. The van der Waals surface area contributed by atoms with Crippen LogP contribution in [0.5, 0.6) is 5.88 Å². The molecule has 0 radical (unpaired) electrons. The van der Waals surface area contributed by atoms with Crippen molar-refractivity contribution in [2.24, 2.45) is 0 Å². The molecule has 1 saturated heterocycles. The maximum atomic E-state index is 14.2. The summed E-state index contributed by atoms with van der Waals surface area (Å²) in [5.41, 5.74) is 3.91. The molecule has 0 bridgehead atoms. The molecule has 2 N–H and O–H groups in total. The molecule has 0 aliphatic carbocycles. The number of ether oxygens (including phenoxy) is 1. The first-order valence-electron chi connectivity index (χ1n) is 11.8. The molecule has 190 valence electrons. The monoisotopic (exact) mass is 504 g/mol. The topological polar surface area (TPSA) is 118 Å². The van der Waals surface area contributed by atoms with E-state index in [1.54, 1.807) is 12.1 Å². The summed E-state index contributed by atoms with van der Waals surface area (Å²) in [4.78, 5) is 34.0. The summed E-state index contributed by atoms with van der Waals surface area (Å²) in [5, 5.41) is 12.1. The van der Waals surface area contributed by atoms with E-state index in [1.807, 2.05) is 37.3 Å². The predicted octanol–water partition coefficient (Wildman–Crippen LogP) is 4.53. The minimum absolute atomic E-state index is 0.00666. The van der Waals surface area contributed by atoms with Gasteiger partial charge in [-0.25, -0.2) is 14.2 Å². The van der Waals surface area contributed by atoms with Gasteiger partial charge in [-0.05, 0) is 42.3 Å². The largest absolute Gasteiger partial charge is 0.478 e. The first-order chi connectivity index (χ1) is 17.9. The number of rotatable bonds is 8. The van der Waals surface area contributed by atoms with Crippen LogP contribution in [0.15, 0.2) is 65.2 Å². The van der Waals surface area contributed by atoms with Gasteiger partial charge in [-0.3, -0.25) is 4.79 Å². The van der Waals surface area contributed by atoms with Crippen LogP contribution in [0.2, 0.25) is 0 Å². The molecule has 2 aromatic heterocycles. The molecule has 1 amide bonds. The number of alkyl halides is 1. The fourth-order valence-electron chi connectivity index (χ4n) is 4.33. The Balaban J connectivity index is 1.23. The van der Waals surface area contributed by atoms with Gasteiger partial charge in [-0.15, -0.1) is 0 Å². The third-order valence-electron chi connectivity index (χ3n) is 6.29. The van der Waals surface area contributed by atoms with Gasteiger partial charge < -0.3 is 24.5 Å². The fraction of sp³-hybridized carbons (Fsp3) is 0.259. The van der Waals surface area contributed by atoms with E-state index in [4.69, 9.17) is 14.3 Å². The van der Waals surface area contributed by atoms with Gasteiger partial charge in [0.05, 0.1) is 24.6 Å². The predicted molar refractivity (Wildman–Crippen MR) is 134 cm³/mol. The molecule has 1 aliphatic rings. The van der Waals surface area contributed by atoms with E-state index >= 15 is 0 Å². The number of hydrogen-bond acceptors (Lipinski definition) is 7. The maximum Gasteiger partial charge on any atom is 0.337 e. The Morgan fingerprint density at radius 2 is 2.05 bits per heavy atom. The molecule has 10 heteroatoms. The summed E-state index contributed by atoms with van der Waals surface area (Å²) in [6.45, 7) is 2.03. The Bertz CT molecular complexity index is 1440. The second-order valence-electron chi connectivity index (χ2n) is 8.97. The van der Waals surface area contributed by atoms with Crippen LogP contribution in [0.3, 0.4) is 0 Å². The lowest BCUT2D eigenvalue weighted by Crippen LogP contribution is -2.40. The van der Waals surface area contributed by atoms with Crippen molar-refractivity contribution in [3.8, 4) is 5.88 Å². The summed E-state index contributed by atoms with van der Waals surface area (Å²) >= 11 is 0. The molecule has 2 aromatic carbocycles. The maximum absolute atomic E-state index is 14.2. The number of halogens is 1. The zero-order valence-corrected chi connectivity index (χ0v) is 20.1. The Morgan fingerprint density at radius 1 is 1.22 bits per heavy atom. The highest BCUT2D eigenvalue weighted by Gasteiger charge is 2.35. The average molecular weight is 505 g/mol. The minimum atomic E-state index is -1.15. The summed E-state index contributed by atoms with van der Waals surface area (Å²) < 4.78 is 25.7. The van der Waals surface area contributed by atoms with Crippen molar-refractivity contribution >= 4 is 34.7 Å². The van der Waals surface area contributed by atoms with Crippen LogP contribution < -0.4 is 10.1 Å². The average Bonchev–Trinajstić information content (AvgIpc) is 3.46. The molecule has 37 heavy (non-hydrogen) atoms. The number of aryl methyl sites for hydroxylation is 1. The van der Waals surface area contributed by atoms with Gasteiger partial charge in [0, 0.05) is 24.4 Å². The third kappa shape index (κ3) is 5.53. The Hall–Kier alpha value is -4.47. The summed E-state index contributed by atoms with van der Waals surface area (Å²) in [5.74, 6) is -1.10. The number of benzene rings is 2. The number of anilines is 2. The molecule has 1 unspecified atom stereocenters. The normalized spacial score (nSPS) is 17.2. The number of carboxylic acids is 1. The van der Waals surface area contributed by atoms with Crippen molar-refractivity contribution in [3.63, 3.8) is 0 Å². The highest BCUT2D eigenvalue weighted by atomic mass is 19.1. The highest BCUT2D eigenvalue weighted by molar-refractivity contribution is 5.87. The number of aromatic carboxylic acids is 1. The number of amides is 1. The number of nitrogens with one attached hydrogen (secondary N) is 1. The van der Waals surface area contributed by atoms with Gasteiger partial charge in [0.2, 0.25) is 11.8 Å². The van der Waals surface area contributed by atoms with Gasteiger partial charge in [0.25, 0.3) is 6.01 Å². The molecular weight excluding hydrogens is 479 g/mol. The molecule has 4 aromatic rings. The molecule has 3 heterocycles. The van der Waals surface area contributed by atoms with Gasteiger partial charge in [-0.2, -0.15) is 4.98 Å². The molecule has 1 fully saturated rings. The molecule has 5 rings (SSSR count). The van der Waals surface area contributed by atoms with E-state index < -0.39 is 18.2 Å². The van der Waals surface area contributed by atoms with Gasteiger partial charge in [0.1, 0.15) is 18.3 Å². The summed E-state index contributed by atoms with van der Waals surface area (Å²) in [7, 11) is 0. The standard InChI is InChI=1S/C27H25FN4O5/c1-16-4-2-3-5-21(16)30-27-31-22-8-6-17(10-23(22)37-27)11-25(33)32-14-19(28)12-20(32)15-36-24-9-7-18(13-29-24)26(34)35/h2-10,13,19-20H,11-12,14-15H2,1H3,(H,30,31)(H,34,35)/t19?,20-/m0/s1. The second-order valence-corrected chi connectivity index (χ2v) is 8.97. The number of carbonyl (C=O) groups excluding carboxylic acids is 1. The SMILES string of the molecule is Cc1ccccc1Nc1nc2ccc(CC(=O)N3CC(F)C[C@H]3COc3ccc(C(=O)O)cn3)cc2o1. The molecular formula is C27H25FN4O5. The van der Waals surface area contributed by atoms with Crippen molar-refractivity contribution in [3.05, 3.63) is 77.5 Å². The van der Waals surface area contributed by atoms with Gasteiger partial charge in [-0.1, -0.05) is 24.3 Å². The zero-order valence-electron chi connectivity index (χ0n) is 20.1. The number of carbonyl (C=O) groups is 2. The van der Waals surface area contributed by atoms with E-state index in [1.165, 1.54) is 23.2 Å². The van der Waals surface area contributed by atoms with Crippen molar-refractivity contribution in [1.29, 1.82) is 0 Å². The number of aromatic nitrogens is 2. The van der Waals surface area contributed by atoms with Crippen LogP contribution in [0.4, 0.5) is 16.1 Å². The summed E-state index contributed by atoms with van der Waals surface area (Å²) in [6.07, 6.45) is 0.279. The molecule has 2 atom stereocenters. The Morgan fingerprint density at radius 3 is 2.81 bits per heavy atom. The first kappa shape index (κ1) is 24.2. The van der Waals surface area contributed by atoms with Crippen LogP contribution >= 0.6 is 0 Å². The van der Waals surface area contributed by atoms with E-state index in [0.717, 1.165) is 16.8 Å². The van der Waals surface area contributed by atoms with E-state index in [-0.39, 0.29) is 43.3 Å². The van der Waals surface area contributed by atoms with Crippen molar-refractivity contribution in [1.82, 2.24) is 14.9 Å². The Labute approximate surface area is 211 Å². The number of likely N-dealkylation sites (tertiary alicyclic amines) is 1. The lowest BCUT2D eigenvalue weighted by molar-refractivity contribution is -0.132. The third-order valence-corrected chi connectivity index (χ3v) is 6.29. The fourth-order valence-corrected chi connectivity index (χ4v) is 4.33. The van der Waals surface area contributed by atoms with Crippen LogP contribution in [0.25, 0.3) is 11.1 Å². The molecule has 1 aliphatic heterocycles. The Kier molecular flexibility index (Phi) is 6.72. The van der Waals surface area contributed by atoms with Gasteiger partial charge >= 0.3 is 5.97 Å². The summed E-state index contributed by atoms with van der Waals surface area (Å²) in [6, 6.07) is 15.9. The number of carboxylic acid groups (broad SMARTS) is 1. The number of para-hydroxylation sites is 1. The van der Waals surface area contributed by atoms with Crippen molar-refractivity contribution in [2.75, 3.05) is 18.5 Å². The van der Waals surface area contributed by atoms with E-state index in [0.29, 0.717) is 17.1 Å². The van der Waals surface area contributed by atoms with Crippen molar-refractivity contribution in [2.45, 2.75) is 32.0 Å². The first-order valence-corrected chi connectivity index (χ1v) is 11.8. The van der Waals surface area contributed by atoms with Gasteiger partial charge in [0.15, 0.2) is 5.58 Å². The smallest absolute Gasteiger partial charge is 0.337 e. The molecule has 0 saturated carbocycles.